The number of fused-ring (bicyclic) bond motifs is 1. The topological polar surface area (TPSA) is 64.4 Å². The first-order valence-electron chi connectivity index (χ1n) is 6.04. The van der Waals surface area contributed by atoms with Crippen LogP contribution in [0.25, 0.3) is 16.7 Å². The summed E-state index contributed by atoms with van der Waals surface area (Å²) in [6, 6.07) is 12.4. The van der Waals surface area contributed by atoms with Gasteiger partial charge in [-0.2, -0.15) is 0 Å². The molecule has 0 spiro atoms. The molecule has 3 rings (SSSR count). The molecule has 5 heteroatoms. The molecule has 20 heavy (non-hydrogen) atoms. The second-order valence-corrected chi connectivity index (χ2v) is 4.32. The fourth-order valence-corrected chi connectivity index (χ4v) is 2.11. The van der Waals surface area contributed by atoms with Crippen LogP contribution in [0.1, 0.15) is 10.4 Å². The lowest BCUT2D eigenvalue weighted by molar-refractivity contribution is 0.0697. The second kappa shape index (κ2) is 4.70. The van der Waals surface area contributed by atoms with Crippen LogP contribution in [0.2, 0.25) is 0 Å². The van der Waals surface area contributed by atoms with Crippen molar-refractivity contribution in [1.82, 2.24) is 9.55 Å². The van der Waals surface area contributed by atoms with Gasteiger partial charge in [-0.05, 0) is 30.3 Å². The molecule has 0 amide bonds. The largest absolute Gasteiger partial charge is 0.497 e. The number of rotatable bonds is 3. The van der Waals surface area contributed by atoms with Crippen LogP contribution < -0.4 is 4.74 Å². The third-order valence-corrected chi connectivity index (χ3v) is 3.13. The van der Waals surface area contributed by atoms with Crippen molar-refractivity contribution in [2.24, 2.45) is 0 Å². The highest BCUT2D eigenvalue weighted by atomic mass is 16.5. The summed E-state index contributed by atoms with van der Waals surface area (Å²) < 4.78 is 7.04. The second-order valence-electron chi connectivity index (χ2n) is 4.32. The molecule has 0 bridgehead atoms. The number of ether oxygens (including phenoxy) is 1. The summed E-state index contributed by atoms with van der Waals surface area (Å²) in [7, 11) is 1.60. The molecule has 0 aliphatic heterocycles. The van der Waals surface area contributed by atoms with Gasteiger partial charge < -0.3 is 9.84 Å². The van der Waals surface area contributed by atoms with Gasteiger partial charge in [0.15, 0.2) is 0 Å². The summed E-state index contributed by atoms with van der Waals surface area (Å²) in [4.78, 5) is 15.3. The van der Waals surface area contributed by atoms with Crippen LogP contribution in [0.5, 0.6) is 5.75 Å². The number of hydrogen-bond acceptors (Lipinski definition) is 3. The van der Waals surface area contributed by atoms with E-state index in [1.165, 1.54) is 0 Å². The van der Waals surface area contributed by atoms with Crippen LogP contribution in [-0.4, -0.2) is 27.7 Å². The van der Waals surface area contributed by atoms with Gasteiger partial charge in [0.2, 0.25) is 0 Å². The van der Waals surface area contributed by atoms with E-state index in [9.17, 15) is 4.79 Å². The third kappa shape index (κ3) is 1.99. The highest BCUT2D eigenvalue weighted by Gasteiger charge is 2.09. The molecule has 1 heterocycles. The van der Waals surface area contributed by atoms with Gasteiger partial charge in [0.05, 0.1) is 29.4 Å². The van der Waals surface area contributed by atoms with Crippen molar-refractivity contribution in [3.63, 3.8) is 0 Å². The third-order valence-electron chi connectivity index (χ3n) is 3.13. The summed E-state index contributed by atoms with van der Waals surface area (Å²) in [6.07, 6.45) is 1.67. The molecule has 100 valence electrons. The normalized spacial score (nSPS) is 10.7. The molecule has 0 atom stereocenters. The Morgan fingerprint density at radius 1 is 1.25 bits per heavy atom. The molecule has 1 N–H and O–H groups in total. The Labute approximate surface area is 115 Å². The predicted octanol–water partition coefficient (Wildman–Crippen LogP) is 2.73. The zero-order chi connectivity index (χ0) is 14.1. The van der Waals surface area contributed by atoms with E-state index in [0.717, 1.165) is 22.5 Å². The van der Waals surface area contributed by atoms with Crippen LogP contribution in [0.4, 0.5) is 0 Å². The van der Waals surface area contributed by atoms with Crippen LogP contribution in [-0.2, 0) is 0 Å². The van der Waals surface area contributed by atoms with Gasteiger partial charge in [0.1, 0.15) is 12.1 Å². The SMILES string of the molecule is COc1cccc(-n2cnc3ccc(C(=O)O)cc32)c1. The van der Waals surface area contributed by atoms with E-state index < -0.39 is 5.97 Å². The van der Waals surface area contributed by atoms with Crippen LogP contribution >= 0.6 is 0 Å². The maximum Gasteiger partial charge on any atom is 0.335 e. The van der Waals surface area contributed by atoms with Crippen LogP contribution in [0, 0.1) is 0 Å². The Hall–Kier alpha value is -2.82. The first kappa shape index (κ1) is 12.2. The van der Waals surface area contributed by atoms with E-state index in [4.69, 9.17) is 9.84 Å². The number of nitrogens with zero attached hydrogens (tertiary/aromatic N) is 2. The molecular formula is C15H12N2O3. The average molecular weight is 268 g/mol. The van der Waals surface area contributed by atoms with Gasteiger partial charge in [0, 0.05) is 6.07 Å². The average Bonchev–Trinajstić information content (AvgIpc) is 2.90. The molecular weight excluding hydrogens is 256 g/mol. The van der Waals surface area contributed by atoms with E-state index in [2.05, 4.69) is 4.98 Å². The van der Waals surface area contributed by atoms with Gasteiger partial charge in [-0.25, -0.2) is 9.78 Å². The van der Waals surface area contributed by atoms with Crippen molar-refractivity contribution >= 4 is 17.0 Å². The van der Waals surface area contributed by atoms with Gasteiger partial charge >= 0.3 is 5.97 Å². The van der Waals surface area contributed by atoms with E-state index in [-0.39, 0.29) is 5.56 Å². The van der Waals surface area contributed by atoms with Crippen LogP contribution in [0.3, 0.4) is 0 Å². The predicted molar refractivity (Wildman–Crippen MR) is 74.6 cm³/mol. The summed E-state index contributed by atoms with van der Waals surface area (Å²) in [6.45, 7) is 0. The summed E-state index contributed by atoms with van der Waals surface area (Å²) in [5, 5.41) is 9.08. The Balaban J connectivity index is 2.20. The summed E-state index contributed by atoms with van der Waals surface area (Å²) in [5.74, 6) is -0.218. The first-order valence-corrected chi connectivity index (χ1v) is 6.04. The molecule has 3 aromatic rings. The first-order chi connectivity index (χ1) is 9.69. The van der Waals surface area contributed by atoms with E-state index >= 15 is 0 Å². The fourth-order valence-electron chi connectivity index (χ4n) is 2.11. The van der Waals surface area contributed by atoms with Crippen molar-refractivity contribution in [3.8, 4) is 11.4 Å². The Morgan fingerprint density at radius 3 is 2.85 bits per heavy atom. The number of aromatic carboxylic acids is 1. The Morgan fingerprint density at radius 2 is 2.10 bits per heavy atom. The number of hydrogen-bond donors (Lipinski definition) is 1. The molecule has 0 saturated heterocycles. The van der Waals surface area contributed by atoms with Gasteiger partial charge in [-0.3, -0.25) is 4.57 Å². The van der Waals surface area contributed by atoms with E-state index in [0.29, 0.717) is 0 Å². The number of aromatic nitrogens is 2. The minimum atomic E-state index is -0.953. The van der Waals surface area contributed by atoms with E-state index in [1.807, 2.05) is 28.8 Å². The maximum atomic E-state index is 11.1. The molecule has 1 aromatic heterocycles. The zero-order valence-electron chi connectivity index (χ0n) is 10.8. The summed E-state index contributed by atoms with van der Waals surface area (Å²) >= 11 is 0. The number of imidazole rings is 1. The van der Waals surface area contributed by atoms with Gasteiger partial charge in [-0.15, -0.1) is 0 Å². The number of carbonyl (C=O) groups is 1. The highest BCUT2D eigenvalue weighted by Crippen LogP contribution is 2.22. The van der Waals surface area contributed by atoms with E-state index in [1.54, 1.807) is 31.6 Å². The van der Waals surface area contributed by atoms with Crippen molar-refractivity contribution in [1.29, 1.82) is 0 Å². The quantitative estimate of drug-likeness (QED) is 0.793. The van der Waals surface area contributed by atoms with Crippen molar-refractivity contribution in [2.45, 2.75) is 0 Å². The zero-order valence-corrected chi connectivity index (χ0v) is 10.8. The number of carboxylic acid groups (broad SMARTS) is 1. The Bertz CT molecular complexity index is 793. The molecule has 0 unspecified atom stereocenters. The maximum absolute atomic E-state index is 11.1. The van der Waals surface area contributed by atoms with Gasteiger partial charge in [-0.1, -0.05) is 6.07 Å². The lowest BCUT2D eigenvalue weighted by atomic mass is 10.2. The Kier molecular flexibility index (Phi) is 2.87. The van der Waals surface area contributed by atoms with Crippen molar-refractivity contribution in [3.05, 3.63) is 54.4 Å². The standard InChI is InChI=1S/C15H12N2O3/c1-20-12-4-2-3-11(8-12)17-9-16-13-6-5-10(15(18)19)7-14(13)17/h2-9H,1H3,(H,18,19). The summed E-state index contributed by atoms with van der Waals surface area (Å²) in [5.41, 5.74) is 2.60. The fraction of sp³-hybridized carbons (Fsp3) is 0.0667. The minimum Gasteiger partial charge on any atom is -0.497 e. The molecule has 2 aromatic carbocycles. The van der Waals surface area contributed by atoms with Crippen LogP contribution in [0.15, 0.2) is 48.8 Å². The lowest BCUT2D eigenvalue weighted by Gasteiger charge is -2.07. The monoisotopic (exact) mass is 268 g/mol. The highest BCUT2D eigenvalue weighted by molar-refractivity contribution is 5.92. The molecule has 0 aliphatic carbocycles. The van der Waals surface area contributed by atoms with Crippen molar-refractivity contribution in [2.75, 3.05) is 7.11 Å². The molecule has 0 radical (unpaired) electrons. The number of benzene rings is 2. The molecule has 0 saturated carbocycles. The minimum absolute atomic E-state index is 0.238. The number of carboxylic acids is 1. The smallest absolute Gasteiger partial charge is 0.335 e. The lowest BCUT2D eigenvalue weighted by Crippen LogP contribution is -1.97. The number of methoxy groups -OCH3 is 1. The molecule has 5 nitrogen and oxygen atoms in total. The van der Waals surface area contributed by atoms with Gasteiger partial charge in [0.25, 0.3) is 0 Å². The molecule has 0 fully saturated rings. The molecule has 0 aliphatic rings. The van der Waals surface area contributed by atoms with Crippen molar-refractivity contribution < 1.29 is 14.6 Å².